The number of hydrogen-bond donors (Lipinski definition) is 0. The molecular weight excluding hydrogens is 336 g/mol. The van der Waals surface area contributed by atoms with Gasteiger partial charge in [0.05, 0.1) is 6.21 Å². The van der Waals surface area contributed by atoms with Crippen molar-refractivity contribution in [1.29, 1.82) is 0 Å². The van der Waals surface area contributed by atoms with Crippen LogP contribution in [0.3, 0.4) is 0 Å². The molecule has 0 bridgehead atoms. The van der Waals surface area contributed by atoms with Gasteiger partial charge in [-0.15, -0.1) is 10.2 Å². The van der Waals surface area contributed by atoms with Gasteiger partial charge in [-0.2, -0.15) is 9.78 Å². The van der Waals surface area contributed by atoms with E-state index in [1.807, 2.05) is 84.9 Å². The summed E-state index contributed by atoms with van der Waals surface area (Å²) in [5, 5.41) is 12.6. The molecule has 0 aliphatic heterocycles. The average molecular weight is 354 g/mol. The molecule has 1 aromatic heterocycles. The van der Waals surface area contributed by atoms with Crippen LogP contribution in [0.2, 0.25) is 0 Å². The molecule has 132 valence electrons. The molecule has 27 heavy (non-hydrogen) atoms. The second kappa shape index (κ2) is 8.10. The molecule has 1 heterocycles. The minimum absolute atomic E-state index is 0.533. The number of rotatable bonds is 6. The van der Waals surface area contributed by atoms with Gasteiger partial charge in [-0.3, -0.25) is 0 Å². The van der Waals surface area contributed by atoms with E-state index in [9.17, 15) is 0 Å². The van der Waals surface area contributed by atoms with E-state index in [0.717, 1.165) is 22.4 Å². The monoisotopic (exact) mass is 354 g/mol. The number of aromatic nitrogens is 3. The summed E-state index contributed by atoms with van der Waals surface area (Å²) in [6.07, 6.45) is 3.36. The quantitative estimate of drug-likeness (QED) is 0.482. The molecule has 0 aliphatic carbocycles. The first-order valence-electron chi connectivity index (χ1n) is 8.65. The van der Waals surface area contributed by atoms with E-state index in [2.05, 4.69) is 15.3 Å². The molecule has 5 nitrogen and oxygen atoms in total. The lowest BCUT2D eigenvalue weighted by Gasteiger charge is -2.06. The summed E-state index contributed by atoms with van der Waals surface area (Å²) in [6.45, 7) is 0.533. The van der Waals surface area contributed by atoms with Crippen molar-refractivity contribution >= 4 is 6.21 Å². The smallest absolute Gasteiger partial charge is 0.184 e. The first-order chi connectivity index (χ1) is 13.4. The maximum atomic E-state index is 5.87. The van der Waals surface area contributed by atoms with Crippen molar-refractivity contribution in [2.24, 2.45) is 5.10 Å². The Kier molecular flexibility index (Phi) is 5.02. The molecule has 0 unspecified atom stereocenters. The van der Waals surface area contributed by atoms with E-state index in [4.69, 9.17) is 4.74 Å². The lowest BCUT2D eigenvalue weighted by molar-refractivity contribution is 0.306. The van der Waals surface area contributed by atoms with Gasteiger partial charge in [0.1, 0.15) is 18.7 Å². The standard InChI is InChI=1S/C22H18N4O/c1-3-8-18(9-4-1)16-27-21-13-7-10-19(14-21)15-24-26-17-23-25-22(26)20-11-5-2-6-12-20/h1-15,17H,16H2/b24-15-. The SMILES string of the molecule is C(=N/n1cnnc1-c1ccccc1)/c1cccc(OCc2ccccc2)c1. The van der Waals surface area contributed by atoms with Crippen LogP contribution in [0.15, 0.2) is 96.4 Å². The fraction of sp³-hybridized carbons (Fsp3) is 0.0455. The Bertz CT molecular complexity index is 1030. The van der Waals surface area contributed by atoms with Crippen molar-refractivity contribution in [2.45, 2.75) is 6.61 Å². The zero-order valence-electron chi connectivity index (χ0n) is 14.6. The number of nitrogens with zero attached hydrogens (tertiary/aromatic N) is 4. The molecular formula is C22H18N4O. The van der Waals surface area contributed by atoms with Gasteiger partial charge < -0.3 is 4.74 Å². The molecule has 4 rings (SSSR count). The van der Waals surface area contributed by atoms with Crippen LogP contribution in [0.1, 0.15) is 11.1 Å². The highest BCUT2D eigenvalue weighted by Gasteiger charge is 2.05. The molecule has 0 amide bonds. The fourth-order valence-electron chi connectivity index (χ4n) is 2.65. The summed E-state index contributed by atoms with van der Waals surface area (Å²) in [6, 6.07) is 27.8. The fourth-order valence-corrected chi connectivity index (χ4v) is 2.65. The van der Waals surface area contributed by atoms with Crippen LogP contribution in [-0.4, -0.2) is 21.1 Å². The predicted molar refractivity (Wildman–Crippen MR) is 106 cm³/mol. The normalized spacial score (nSPS) is 11.0. The molecule has 0 saturated carbocycles. The molecule has 0 radical (unpaired) electrons. The first kappa shape index (κ1) is 16.7. The van der Waals surface area contributed by atoms with Crippen LogP contribution in [0, 0.1) is 0 Å². The Morgan fingerprint density at radius 3 is 2.48 bits per heavy atom. The highest BCUT2D eigenvalue weighted by atomic mass is 16.5. The van der Waals surface area contributed by atoms with Crippen molar-refractivity contribution in [1.82, 2.24) is 14.9 Å². The van der Waals surface area contributed by atoms with Gasteiger partial charge >= 0.3 is 0 Å². The Balaban J connectivity index is 1.48. The Hall–Kier alpha value is -3.73. The lowest BCUT2D eigenvalue weighted by atomic mass is 10.2. The highest BCUT2D eigenvalue weighted by molar-refractivity contribution is 5.80. The average Bonchev–Trinajstić information content (AvgIpc) is 3.21. The Morgan fingerprint density at radius 1 is 0.889 bits per heavy atom. The summed E-state index contributed by atoms with van der Waals surface area (Å²) in [7, 11) is 0. The molecule has 0 aliphatic rings. The molecule has 0 atom stereocenters. The first-order valence-corrected chi connectivity index (χ1v) is 8.65. The summed E-state index contributed by atoms with van der Waals surface area (Å²) < 4.78 is 7.53. The third-order valence-corrected chi connectivity index (χ3v) is 4.00. The second-order valence-corrected chi connectivity index (χ2v) is 5.96. The van der Waals surface area contributed by atoms with Gasteiger partial charge in [-0.1, -0.05) is 72.8 Å². The van der Waals surface area contributed by atoms with Crippen molar-refractivity contribution in [3.05, 3.63) is 102 Å². The maximum absolute atomic E-state index is 5.87. The van der Waals surface area contributed by atoms with Crippen LogP contribution < -0.4 is 4.74 Å². The van der Waals surface area contributed by atoms with Gasteiger partial charge in [-0.25, -0.2) is 0 Å². The third kappa shape index (κ3) is 4.27. The Morgan fingerprint density at radius 2 is 1.67 bits per heavy atom. The van der Waals surface area contributed by atoms with E-state index >= 15 is 0 Å². The van der Waals surface area contributed by atoms with Crippen molar-refractivity contribution in [3.8, 4) is 17.1 Å². The second-order valence-electron chi connectivity index (χ2n) is 5.96. The summed E-state index contributed by atoms with van der Waals surface area (Å²) in [5.41, 5.74) is 3.04. The zero-order valence-corrected chi connectivity index (χ0v) is 14.6. The van der Waals surface area contributed by atoms with Gasteiger partial charge in [-0.05, 0) is 23.3 Å². The van der Waals surface area contributed by atoms with Crippen LogP contribution in [0.4, 0.5) is 0 Å². The van der Waals surface area contributed by atoms with Crippen molar-refractivity contribution < 1.29 is 4.74 Å². The topological polar surface area (TPSA) is 52.3 Å². The molecule has 4 aromatic rings. The van der Waals surface area contributed by atoms with Crippen LogP contribution in [0.25, 0.3) is 11.4 Å². The van der Waals surface area contributed by atoms with Crippen molar-refractivity contribution in [3.63, 3.8) is 0 Å². The summed E-state index contributed by atoms with van der Waals surface area (Å²) in [4.78, 5) is 0. The van der Waals surface area contributed by atoms with Crippen LogP contribution in [-0.2, 0) is 6.61 Å². The lowest BCUT2D eigenvalue weighted by Crippen LogP contribution is -1.96. The molecule has 3 aromatic carbocycles. The van der Waals surface area contributed by atoms with Crippen LogP contribution >= 0.6 is 0 Å². The Labute approximate surface area is 157 Å². The summed E-state index contributed by atoms with van der Waals surface area (Å²) in [5.74, 6) is 1.50. The molecule has 5 heteroatoms. The number of benzene rings is 3. The van der Waals surface area contributed by atoms with E-state index in [-0.39, 0.29) is 0 Å². The molecule has 0 fully saturated rings. The van der Waals surface area contributed by atoms with Crippen LogP contribution in [0.5, 0.6) is 5.75 Å². The number of ether oxygens (including phenoxy) is 1. The zero-order chi connectivity index (χ0) is 18.3. The van der Waals surface area contributed by atoms with Gasteiger partial charge in [0.2, 0.25) is 0 Å². The molecule has 0 N–H and O–H groups in total. The predicted octanol–water partition coefficient (Wildman–Crippen LogP) is 4.41. The third-order valence-electron chi connectivity index (χ3n) is 4.00. The maximum Gasteiger partial charge on any atom is 0.184 e. The van der Waals surface area contributed by atoms with E-state index in [1.165, 1.54) is 0 Å². The summed E-state index contributed by atoms with van der Waals surface area (Å²) >= 11 is 0. The van der Waals surface area contributed by atoms with Crippen molar-refractivity contribution in [2.75, 3.05) is 0 Å². The molecule has 0 spiro atoms. The van der Waals surface area contributed by atoms with Gasteiger partial charge in [0, 0.05) is 5.56 Å². The van der Waals surface area contributed by atoms with E-state index in [0.29, 0.717) is 12.4 Å². The highest BCUT2D eigenvalue weighted by Crippen LogP contribution is 2.17. The van der Waals surface area contributed by atoms with Gasteiger partial charge in [0.15, 0.2) is 5.82 Å². The van der Waals surface area contributed by atoms with Gasteiger partial charge in [0.25, 0.3) is 0 Å². The van der Waals surface area contributed by atoms with E-state index in [1.54, 1.807) is 17.2 Å². The van der Waals surface area contributed by atoms with E-state index < -0.39 is 0 Å². The minimum atomic E-state index is 0.533. The molecule has 0 saturated heterocycles. The largest absolute Gasteiger partial charge is 0.489 e. The number of hydrogen-bond acceptors (Lipinski definition) is 4. The minimum Gasteiger partial charge on any atom is -0.489 e.